The van der Waals surface area contributed by atoms with Crippen molar-refractivity contribution < 1.29 is 9.72 Å². The van der Waals surface area contributed by atoms with Crippen LogP contribution >= 0.6 is 0 Å². The van der Waals surface area contributed by atoms with Gasteiger partial charge in [-0.1, -0.05) is 6.92 Å². The number of amides is 1. The Kier molecular flexibility index (Phi) is 5.52. The molecule has 8 heteroatoms. The first-order chi connectivity index (χ1) is 9.06. The monoisotopic (exact) mass is 267 g/mol. The molecular formula is C11H17N5O3. The first kappa shape index (κ1) is 14.7. The van der Waals surface area contributed by atoms with Crippen LogP contribution in [-0.4, -0.2) is 36.0 Å². The Balaban J connectivity index is 2.69. The Morgan fingerprint density at radius 3 is 2.68 bits per heavy atom. The van der Waals surface area contributed by atoms with Crippen LogP contribution in [-0.2, 0) is 4.79 Å². The summed E-state index contributed by atoms with van der Waals surface area (Å²) in [6, 6.07) is 2.61. The molecule has 0 atom stereocenters. The molecule has 1 aromatic heterocycles. The van der Waals surface area contributed by atoms with Crippen molar-refractivity contribution in [2.45, 2.75) is 13.3 Å². The smallest absolute Gasteiger partial charge is 0.276 e. The van der Waals surface area contributed by atoms with E-state index in [9.17, 15) is 14.9 Å². The second kappa shape index (κ2) is 7.14. The summed E-state index contributed by atoms with van der Waals surface area (Å²) >= 11 is 0. The number of nitro groups is 1. The van der Waals surface area contributed by atoms with Gasteiger partial charge in [0.1, 0.15) is 11.6 Å². The van der Waals surface area contributed by atoms with E-state index < -0.39 is 4.92 Å². The quantitative estimate of drug-likeness (QED) is 0.501. The Labute approximate surface area is 110 Å². The number of carbonyl (C=O) groups is 1. The Bertz CT molecular complexity index is 464. The number of carbonyl (C=O) groups excluding carboxylic acids is 1. The van der Waals surface area contributed by atoms with Gasteiger partial charge in [-0.25, -0.2) is 4.98 Å². The lowest BCUT2D eigenvalue weighted by atomic mass is 10.3. The molecule has 0 aliphatic rings. The van der Waals surface area contributed by atoms with Crippen molar-refractivity contribution in [1.82, 2.24) is 10.3 Å². The number of pyridine rings is 1. The minimum atomic E-state index is -0.509. The van der Waals surface area contributed by atoms with Crippen LogP contribution in [0.2, 0.25) is 0 Å². The molecule has 0 aliphatic carbocycles. The second-order valence-corrected chi connectivity index (χ2v) is 3.81. The molecule has 0 bridgehead atoms. The number of hydrogen-bond donors (Lipinski definition) is 3. The maximum absolute atomic E-state index is 11.4. The molecular weight excluding hydrogens is 250 g/mol. The minimum absolute atomic E-state index is 0.0251. The first-order valence-corrected chi connectivity index (χ1v) is 5.91. The Morgan fingerprint density at radius 2 is 2.11 bits per heavy atom. The van der Waals surface area contributed by atoms with Gasteiger partial charge >= 0.3 is 0 Å². The molecule has 0 aliphatic heterocycles. The highest BCUT2D eigenvalue weighted by atomic mass is 16.6. The van der Waals surface area contributed by atoms with E-state index in [0.717, 1.165) is 6.42 Å². The number of rotatable bonds is 7. The molecule has 1 aromatic rings. The highest BCUT2D eigenvalue weighted by molar-refractivity contribution is 5.80. The van der Waals surface area contributed by atoms with Crippen LogP contribution in [0.15, 0.2) is 12.1 Å². The molecule has 0 unspecified atom stereocenters. The van der Waals surface area contributed by atoms with Crippen molar-refractivity contribution >= 4 is 23.2 Å². The summed E-state index contributed by atoms with van der Waals surface area (Å²) in [6.45, 7) is 2.58. The highest BCUT2D eigenvalue weighted by Gasteiger charge is 2.11. The minimum Gasteiger partial charge on any atom is -0.373 e. The predicted octanol–water partition coefficient (Wildman–Crippen LogP) is 0.970. The number of nitrogens with one attached hydrogen (secondary N) is 3. The van der Waals surface area contributed by atoms with Gasteiger partial charge in [0, 0.05) is 13.6 Å². The summed E-state index contributed by atoms with van der Waals surface area (Å²) < 4.78 is 0. The lowest BCUT2D eigenvalue weighted by Crippen LogP contribution is -2.30. The van der Waals surface area contributed by atoms with Crippen molar-refractivity contribution in [3.63, 3.8) is 0 Å². The van der Waals surface area contributed by atoms with E-state index in [1.807, 2.05) is 6.92 Å². The van der Waals surface area contributed by atoms with E-state index in [1.165, 1.54) is 12.1 Å². The number of anilines is 2. The second-order valence-electron chi connectivity index (χ2n) is 3.81. The van der Waals surface area contributed by atoms with Gasteiger partial charge in [0.2, 0.25) is 5.91 Å². The third-order valence-electron chi connectivity index (χ3n) is 2.28. The normalized spacial score (nSPS) is 9.79. The van der Waals surface area contributed by atoms with E-state index in [1.54, 1.807) is 7.05 Å². The summed E-state index contributed by atoms with van der Waals surface area (Å²) in [5.74, 6) is 0.469. The van der Waals surface area contributed by atoms with E-state index in [4.69, 9.17) is 0 Å². The van der Waals surface area contributed by atoms with Crippen LogP contribution in [0.25, 0.3) is 0 Å². The zero-order valence-corrected chi connectivity index (χ0v) is 10.9. The van der Waals surface area contributed by atoms with Crippen molar-refractivity contribution in [2.75, 3.05) is 30.8 Å². The van der Waals surface area contributed by atoms with Crippen LogP contribution in [0.3, 0.4) is 0 Å². The number of hydrogen-bond acceptors (Lipinski definition) is 6. The van der Waals surface area contributed by atoms with E-state index in [-0.39, 0.29) is 24.0 Å². The van der Waals surface area contributed by atoms with Gasteiger partial charge in [-0.2, -0.15) is 0 Å². The van der Waals surface area contributed by atoms with Gasteiger partial charge in [-0.3, -0.25) is 14.9 Å². The average Bonchev–Trinajstić information content (AvgIpc) is 2.42. The largest absolute Gasteiger partial charge is 0.373 e. The number of nitrogens with zero attached hydrogens (tertiary/aromatic N) is 2. The van der Waals surface area contributed by atoms with Gasteiger partial charge in [0.15, 0.2) is 0 Å². The Hall–Kier alpha value is -2.38. The fraction of sp³-hybridized carbons (Fsp3) is 0.455. The predicted molar refractivity (Wildman–Crippen MR) is 72.2 cm³/mol. The summed E-state index contributed by atoms with van der Waals surface area (Å²) in [4.78, 5) is 25.7. The molecule has 3 N–H and O–H groups in total. The molecule has 0 fully saturated rings. The molecule has 0 radical (unpaired) electrons. The molecule has 1 heterocycles. The van der Waals surface area contributed by atoms with Crippen molar-refractivity contribution in [2.24, 2.45) is 0 Å². The van der Waals surface area contributed by atoms with E-state index >= 15 is 0 Å². The molecule has 1 amide bonds. The van der Waals surface area contributed by atoms with Crippen molar-refractivity contribution in [1.29, 1.82) is 0 Å². The van der Waals surface area contributed by atoms with Gasteiger partial charge in [0.05, 0.1) is 23.6 Å². The van der Waals surface area contributed by atoms with Crippen LogP contribution in [0.5, 0.6) is 0 Å². The number of aromatic nitrogens is 1. The van der Waals surface area contributed by atoms with Crippen LogP contribution < -0.4 is 16.0 Å². The summed E-state index contributed by atoms with van der Waals surface area (Å²) in [7, 11) is 1.61. The fourth-order valence-corrected chi connectivity index (χ4v) is 1.34. The van der Waals surface area contributed by atoms with Gasteiger partial charge in [-0.05, 0) is 6.42 Å². The average molecular weight is 267 g/mol. The first-order valence-electron chi connectivity index (χ1n) is 5.91. The van der Waals surface area contributed by atoms with Crippen LogP contribution in [0.4, 0.5) is 17.3 Å². The summed E-state index contributed by atoms with van der Waals surface area (Å²) in [5, 5.41) is 18.9. The zero-order valence-electron chi connectivity index (χ0n) is 10.9. The van der Waals surface area contributed by atoms with Crippen LogP contribution in [0, 0.1) is 10.1 Å². The van der Waals surface area contributed by atoms with Gasteiger partial charge < -0.3 is 16.0 Å². The third-order valence-corrected chi connectivity index (χ3v) is 2.28. The molecule has 0 saturated heterocycles. The molecule has 104 valence electrons. The van der Waals surface area contributed by atoms with E-state index in [0.29, 0.717) is 12.4 Å². The molecule has 0 aromatic carbocycles. The van der Waals surface area contributed by atoms with Gasteiger partial charge in [-0.15, -0.1) is 0 Å². The summed E-state index contributed by atoms with van der Waals surface area (Å²) in [6.07, 6.45) is 0.852. The fourth-order valence-electron chi connectivity index (χ4n) is 1.34. The SMILES string of the molecule is CCCNC(=O)CNc1cc([N+](=O)[O-])cc(NC)n1. The summed E-state index contributed by atoms with van der Waals surface area (Å²) in [5.41, 5.74) is -0.0872. The zero-order chi connectivity index (χ0) is 14.3. The van der Waals surface area contributed by atoms with Crippen LogP contribution in [0.1, 0.15) is 13.3 Å². The Morgan fingerprint density at radius 1 is 1.42 bits per heavy atom. The lowest BCUT2D eigenvalue weighted by molar-refractivity contribution is -0.384. The van der Waals surface area contributed by atoms with Crippen molar-refractivity contribution in [3.05, 3.63) is 22.2 Å². The molecule has 0 spiro atoms. The lowest BCUT2D eigenvalue weighted by Gasteiger charge is -2.08. The maximum atomic E-state index is 11.4. The maximum Gasteiger partial charge on any atom is 0.276 e. The third kappa shape index (κ3) is 4.78. The molecule has 0 saturated carbocycles. The topological polar surface area (TPSA) is 109 Å². The van der Waals surface area contributed by atoms with Crippen molar-refractivity contribution in [3.8, 4) is 0 Å². The molecule has 8 nitrogen and oxygen atoms in total. The standard InChI is InChI=1S/C11H17N5O3/c1-3-4-13-11(17)7-14-10-6-8(16(18)19)5-9(12-2)15-10/h5-6H,3-4,7H2,1-2H3,(H,13,17)(H2,12,14,15). The van der Waals surface area contributed by atoms with E-state index in [2.05, 4.69) is 20.9 Å². The molecule has 1 rings (SSSR count). The highest BCUT2D eigenvalue weighted by Crippen LogP contribution is 2.19. The van der Waals surface area contributed by atoms with Gasteiger partial charge in [0.25, 0.3) is 5.69 Å². The molecule has 19 heavy (non-hydrogen) atoms.